The van der Waals surface area contributed by atoms with E-state index in [1.54, 1.807) is 33.5 Å². The molecule has 0 N–H and O–H groups in total. The van der Waals surface area contributed by atoms with Gasteiger partial charge in [0.1, 0.15) is 5.69 Å². The number of nitrogens with zero attached hydrogens (tertiary/aromatic N) is 3. The van der Waals surface area contributed by atoms with Crippen molar-refractivity contribution < 1.29 is 18.6 Å². The highest BCUT2D eigenvalue weighted by atomic mass is 16.5. The number of rotatable bonds is 5. The first kappa shape index (κ1) is 16.8. The Hall–Kier alpha value is -3.61. The van der Waals surface area contributed by atoms with Gasteiger partial charge in [-0.2, -0.15) is 0 Å². The average molecular weight is 363 g/mol. The topological polar surface area (TPSA) is 79.5 Å². The third kappa shape index (κ3) is 3.03. The first-order valence-electron chi connectivity index (χ1n) is 8.23. The summed E-state index contributed by atoms with van der Waals surface area (Å²) < 4.78 is 21.9. The van der Waals surface area contributed by atoms with Crippen LogP contribution in [0.3, 0.4) is 0 Å². The van der Waals surface area contributed by atoms with Crippen molar-refractivity contribution in [2.75, 3.05) is 21.3 Å². The minimum absolute atomic E-state index is 0.333. The Morgan fingerprint density at radius 3 is 2.19 bits per heavy atom. The summed E-state index contributed by atoms with van der Waals surface area (Å²) >= 11 is 0. The van der Waals surface area contributed by atoms with Gasteiger partial charge in [0.25, 0.3) is 5.89 Å². The number of para-hydroxylation sites is 1. The molecule has 4 aromatic rings. The molecule has 0 amide bonds. The Balaban J connectivity index is 1.75. The zero-order valence-electron chi connectivity index (χ0n) is 15.1. The first-order chi connectivity index (χ1) is 13.2. The molecular formula is C20H17N3O4. The summed E-state index contributed by atoms with van der Waals surface area (Å²) in [5.41, 5.74) is 2.13. The standard InChI is InChI=1S/C20H17N3O4/c1-24-16-10-13(11-17(25-2)18(16)26-3)19-22-23-20(27-19)15-9-8-12-6-4-5-7-14(12)21-15/h4-11H,1-3H3. The van der Waals surface area contributed by atoms with Crippen molar-refractivity contribution in [2.45, 2.75) is 0 Å². The van der Waals surface area contributed by atoms with Crippen molar-refractivity contribution in [3.05, 3.63) is 48.5 Å². The van der Waals surface area contributed by atoms with E-state index in [0.29, 0.717) is 40.3 Å². The SMILES string of the molecule is COc1cc(-c2nnc(-c3ccc4ccccc4n3)o2)cc(OC)c1OC. The van der Waals surface area contributed by atoms with Crippen LogP contribution in [0.25, 0.3) is 33.9 Å². The summed E-state index contributed by atoms with van der Waals surface area (Å²) in [5, 5.41) is 9.32. The monoisotopic (exact) mass is 363 g/mol. The molecule has 0 atom stereocenters. The third-order valence-corrected chi connectivity index (χ3v) is 4.15. The number of aromatic nitrogens is 3. The van der Waals surface area contributed by atoms with Crippen LogP contribution in [-0.4, -0.2) is 36.5 Å². The maximum atomic E-state index is 5.84. The zero-order valence-corrected chi connectivity index (χ0v) is 15.1. The van der Waals surface area contributed by atoms with Gasteiger partial charge in [-0.25, -0.2) is 4.98 Å². The van der Waals surface area contributed by atoms with Gasteiger partial charge in [-0.1, -0.05) is 24.3 Å². The predicted octanol–water partition coefficient (Wildman–Crippen LogP) is 3.98. The molecule has 136 valence electrons. The highest BCUT2D eigenvalue weighted by Crippen LogP contribution is 2.41. The van der Waals surface area contributed by atoms with E-state index in [2.05, 4.69) is 15.2 Å². The molecule has 0 saturated heterocycles. The maximum absolute atomic E-state index is 5.84. The van der Waals surface area contributed by atoms with Crippen LogP contribution in [0.4, 0.5) is 0 Å². The molecule has 7 heteroatoms. The molecular weight excluding hydrogens is 346 g/mol. The van der Waals surface area contributed by atoms with Crippen LogP contribution in [0.15, 0.2) is 52.9 Å². The number of fused-ring (bicyclic) bond motifs is 1. The number of hydrogen-bond acceptors (Lipinski definition) is 7. The zero-order chi connectivity index (χ0) is 18.8. The Kier molecular flexibility index (Phi) is 4.33. The highest BCUT2D eigenvalue weighted by molar-refractivity contribution is 5.80. The van der Waals surface area contributed by atoms with E-state index in [9.17, 15) is 0 Å². The van der Waals surface area contributed by atoms with Crippen molar-refractivity contribution in [1.29, 1.82) is 0 Å². The van der Waals surface area contributed by atoms with Crippen LogP contribution >= 0.6 is 0 Å². The maximum Gasteiger partial charge on any atom is 0.266 e. The van der Waals surface area contributed by atoms with Gasteiger partial charge in [0.05, 0.1) is 26.8 Å². The Labute approximate surface area is 155 Å². The van der Waals surface area contributed by atoms with Gasteiger partial charge in [-0.05, 0) is 24.3 Å². The Morgan fingerprint density at radius 1 is 0.778 bits per heavy atom. The van der Waals surface area contributed by atoms with Crippen molar-refractivity contribution >= 4 is 10.9 Å². The summed E-state index contributed by atoms with van der Waals surface area (Å²) in [4.78, 5) is 4.58. The van der Waals surface area contributed by atoms with Gasteiger partial charge in [0.15, 0.2) is 11.5 Å². The molecule has 2 aromatic carbocycles. The number of benzene rings is 2. The number of ether oxygens (including phenoxy) is 3. The second-order valence-electron chi connectivity index (χ2n) is 5.72. The minimum atomic E-state index is 0.333. The molecule has 7 nitrogen and oxygen atoms in total. The molecule has 0 fully saturated rings. The lowest BCUT2D eigenvalue weighted by atomic mass is 10.2. The van der Waals surface area contributed by atoms with Crippen LogP contribution in [-0.2, 0) is 0 Å². The van der Waals surface area contributed by atoms with Crippen molar-refractivity contribution in [3.8, 4) is 40.3 Å². The highest BCUT2D eigenvalue weighted by Gasteiger charge is 2.18. The van der Waals surface area contributed by atoms with E-state index >= 15 is 0 Å². The van der Waals surface area contributed by atoms with Crippen LogP contribution in [0, 0.1) is 0 Å². The number of pyridine rings is 1. The average Bonchev–Trinajstić information content (AvgIpc) is 3.22. The largest absolute Gasteiger partial charge is 0.493 e. The number of methoxy groups -OCH3 is 3. The summed E-state index contributed by atoms with van der Waals surface area (Å²) in [6.45, 7) is 0. The molecule has 0 aliphatic heterocycles. The smallest absolute Gasteiger partial charge is 0.266 e. The van der Waals surface area contributed by atoms with E-state index in [1.807, 2.05) is 36.4 Å². The van der Waals surface area contributed by atoms with Gasteiger partial charge in [-0.15, -0.1) is 10.2 Å². The van der Waals surface area contributed by atoms with E-state index in [4.69, 9.17) is 18.6 Å². The first-order valence-corrected chi connectivity index (χ1v) is 8.23. The van der Waals surface area contributed by atoms with Gasteiger partial charge < -0.3 is 18.6 Å². The van der Waals surface area contributed by atoms with Crippen LogP contribution in [0.2, 0.25) is 0 Å². The quantitative estimate of drug-likeness (QED) is 0.530. The lowest BCUT2D eigenvalue weighted by Gasteiger charge is -2.12. The molecule has 0 aliphatic rings. The van der Waals surface area contributed by atoms with E-state index < -0.39 is 0 Å². The van der Waals surface area contributed by atoms with Gasteiger partial charge in [0.2, 0.25) is 11.6 Å². The second kappa shape index (κ2) is 6.95. The van der Waals surface area contributed by atoms with Crippen LogP contribution in [0.1, 0.15) is 0 Å². The molecule has 27 heavy (non-hydrogen) atoms. The molecule has 0 aliphatic carbocycles. The molecule has 2 aromatic heterocycles. The molecule has 0 bridgehead atoms. The molecule has 4 rings (SSSR count). The second-order valence-corrected chi connectivity index (χ2v) is 5.72. The van der Waals surface area contributed by atoms with Gasteiger partial charge >= 0.3 is 0 Å². The summed E-state index contributed by atoms with van der Waals surface area (Å²) in [6.07, 6.45) is 0. The molecule has 0 unspecified atom stereocenters. The lowest BCUT2D eigenvalue weighted by Crippen LogP contribution is -1.95. The summed E-state index contributed by atoms with van der Waals surface area (Å²) in [5.74, 6) is 2.19. The fraction of sp³-hybridized carbons (Fsp3) is 0.150. The molecule has 2 heterocycles. The fourth-order valence-corrected chi connectivity index (χ4v) is 2.83. The fourth-order valence-electron chi connectivity index (χ4n) is 2.83. The number of hydrogen-bond donors (Lipinski definition) is 0. The summed E-state index contributed by atoms with van der Waals surface area (Å²) in [6, 6.07) is 15.2. The van der Waals surface area contributed by atoms with Crippen molar-refractivity contribution in [2.24, 2.45) is 0 Å². The minimum Gasteiger partial charge on any atom is -0.493 e. The third-order valence-electron chi connectivity index (χ3n) is 4.15. The molecule has 0 saturated carbocycles. The Bertz CT molecular complexity index is 1080. The van der Waals surface area contributed by atoms with Crippen molar-refractivity contribution in [3.63, 3.8) is 0 Å². The van der Waals surface area contributed by atoms with E-state index in [-0.39, 0.29) is 0 Å². The van der Waals surface area contributed by atoms with Crippen LogP contribution in [0.5, 0.6) is 17.2 Å². The van der Waals surface area contributed by atoms with E-state index in [1.165, 1.54) is 0 Å². The lowest BCUT2D eigenvalue weighted by molar-refractivity contribution is 0.324. The Morgan fingerprint density at radius 2 is 1.48 bits per heavy atom. The predicted molar refractivity (Wildman–Crippen MR) is 100 cm³/mol. The summed E-state index contributed by atoms with van der Waals surface area (Å²) in [7, 11) is 4.66. The molecule has 0 radical (unpaired) electrons. The van der Waals surface area contributed by atoms with Gasteiger partial charge in [-0.3, -0.25) is 0 Å². The van der Waals surface area contributed by atoms with E-state index in [0.717, 1.165) is 10.9 Å². The molecule has 0 spiro atoms. The van der Waals surface area contributed by atoms with Crippen LogP contribution < -0.4 is 14.2 Å². The normalized spacial score (nSPS) is 10.8. The van der Waals surface area contributed by atoms with Crippen molar-refractivity contribution in [1.82, 2.24) is 15.2 Å². The van der Waals surface area contributed by atoms with Gasteiger partial charge in [0, 0.05) is 10.9 Å².